The van der Waals surface area contributed by atoms with Gasteiger partial charge in [0.05, 0.1) is 11.8 Å². The Kier molecular flexibility index (Phi) is 4.01. The Labute approximate surface area is 123 Å². The van der Waals surface area contributed by atoms with Gasteiger partial charge in [0.2, 0.25) is 0 Å². The van der Waals surface area contributed by atoms with Crippen LogP contribution in [0.15, 0.2) is 29.3 Å². The van der Waals surface area contributed by atoms with Crippen molar-refractivity contribution in [3.05, 3.63) is 40.7 Å². The molecule has 1 fully saturated rings. The lowest BCUT2D eigenvalue weighted by molar-refractivity contribution is 0.239. The van der Waals surface area contributed by atoms with Gasteiger partial charge in [-0.25, -0.2) is 9.37 Å². The van der Waals surface area contributed by atoms with Crippen LogP contribution in [0.25, 0.3) is 10.9 Å². The van der Waals surface area contributed by atoms with Gasteiger partial charge in [0, 0.05) is 12.6 Å². The van der Waals surface area contributed by atoms with E-state index in [1.165, 1.54) is 29.8 Å². The molecule has 1 atom stereocenters. The molecule has 1 aromatic heterocycles. The Morgan fingerprint density at radius 2 is 2.10 bits per heavy atom. The van der Waals surface area contributed by atoms with Crippen LogP contribution in [-0.4, -0.2) is 33.6 Å². The fraction of sp³-hybridized carbons (Fsp3) is 0.500. The van der Waals surface area contributed by atoms with E-state index in [1.807, 2.05) is 0 Å². The summed E-state index contributed by atoms with van der Waals surface area (Å²) in [5.41, 5.74) is 0.135. The molecule has 1 aliphatic rings. The molecule has 4 nitrogen and oxygen atoms in total. The molecule has 3 rings (SSSR count). The van der Waals surface area contributed by atoms with Crippen LogP contribution in [0.4, 0.5) is 4.39 Å². The van der Waals surface area contributed by atoms with Crippen molar-refractivity contribution in [3.8, 4) is 0 Å². The molecule has 2 aromatic rings. The molecule has 0 aliphatic carbocycles. The SMILES string of the molecule is CC(CCn1cnc2cccc(F)c2c1=O)N1CCCC1. The zero-order chi connectivity index (χ0) is 14.8. The molecule has 0 bridgehead atoms. The second-order valence-electron chi connectivity index (χ2n) is 5.76. The Hall–Kier alpha value is -1.75. The lowest BCUT2D eigenvalue weighted by Gasteiger charge is -2.23. The van der Waals surface area contributed by atoms with Crippen LogP contribution in [0, 0.1) is 5.82 Å². The van der Waals surface area contributed by atoms with E-state index < -0.39 is 5.82 Å². The number of hydrogen-bond acceptors (Lipinski definition) is 3. The highest BCUT2D eigenvalue weighted by atomic mass is 19.1. The summed E-state index contributed by atoms with van der Waals surface area (Å²) < 4.78 is 15.3. The van der Waals surface area contributed by atoms with E-state index in [4.69, 9.17) is 0 Å². The summed E-state index contributed by atoms with van der Waals surface area (Å²) in [5.74, 6) is -0.494. The largest absolute Gasteiger partial charge is 0.301 e. The fourth-order valence-corrected chi connectivity index (χ4v) is 3.01. The van der Waals surface area contributed by atoms with Gasteiger partial charge in [-0.2, -0.15) is 0 Å². The number of fused-ring (bicyclic) bond motifs is 1. The third-order valence-electron chi connectivity index (χ3n) is 4.35. The van der Waals surface area contributed by atoms with Crippen LogP contribution in [-0.2, 0) is 6.54 Å². The fourth-order valence-electron chi connectivity index (χ4n) is 3.01. The Balaban J connectivity index is 1.79. The molecule has 2 heterocycles. The van der Waals surface area contributed by atoms with E-state index in [2.05, 4.69) is 16.8 Å². The smallest absolute Gasteiger partial charge is 0.264 e. The van der Waals surface area contributed by atoms with Crippen molar-refractivity contribution in [1.29, 1.82) is 0 Å². The maximum Gasteiger partial charge on any atom is 0.264 e. The van der Waals surface area contributed by atoms with Crippen LogP contribution in [0.5, 0.6) is 0 Å². The molecule has 1 unspecified atom stereocenters. The highest BCUT2D eigenvalue weighted by Crippen LogP contribution is 2.15. The monoisotopic (exact) mass is 289 g/mol. The molecule has 0 spiro atoms. The summed E-state index contributed by atoms with van der Waals surface area (Å²) in [5, 5.41) is 0.0915. The van der Waals surface area contributed by atoms with Gasteiger partial charge in [0.25, 0.3) is 5.56 Å². The summed E-state index contributed by atoms with van der Waals surface area (Å²) in [6.07, 6.45) is 4.92. The van der Waals surface area contributed by atoms with Gasteiger partial charge in [0.15, 0.2) is 0 Å². The van der Waals surface area contributed by atoms with Crippen LogP contribution in [0.2, 0.25) is 0 Å². The van der Waals surface area contributed by atoms with E-state index in [9.17, 15) is 9.18 Å². The van der Waals surface area contributed by atoms with Crippen molar-refractivity contribution in [3.63, 3.8) is 0 Å². The first-order valence-corrected chi connectivity index (χ1v) is 7.54. The topological polar surface area (TPSA) is 38.1 Å². The van der Waals surface area contributed by atoms with Crippen LogP contribution in [0.1, 0.15) is 26.2 Å². The predicted molar refractivity (Wildman–Crippen MR) is 80.8 cm³/mol. The molecule has 0 saturated carbocycles. The second-order valence-corrected chi connectivity index (χ2v) is 5.76. The number of aryl methyl sites for hydroxylation is 1. The number of aromatic nitrogens is 2. The minimum Gasteiger partial charge on any atom is -0.301 e. The quantitative estimate of drug-likeness (QED) is 0.867. The van der Waals surface area contributed by atoms with Gasteiger partial charge >= 0.3 is 0 Å². The van der Waals surface area contributed by atoms with Gasteiger partial charge in [0.1, 0.15) is 11.2 Å². The predicted octanol–water partition coefficient (Wildman–Crippen LogP) is 2.41. The van der Waals surface area contributed by atoms with Crippen molar-refractivity contribution in [2.24, 2.45) is 0 Å². The summed E-state index contributed by atoms with van der Waals surface area (Å²) in [6, 6.07) is 4.99. The lowest BCUT2D eigenvalue weighted by atomic mass is 10.2. The molecular weight excluding hydrogens is 269 g/mol. The van der Waals surface area contributed by atoms with Crippen molar-refractivity contribution in [1.82, 2.24) is 14.5 Å². The molecular formula is C16H20FN3O. The molecule has 21 heavy (non-hydrogen) atoms. The zero-order valence-electron chi connectivity index (χ0n) is 12.3. The standard InChI is InChI=1S/C16H20FN3O/c1-12(19-8-2-3-9-19)7-10-20-11-18-14-6-4-5-13(17)15(14)16(20)21/h4-6,11-12H,2-3,7-10H2,1H3. The number of benzene rings is 1. The number of likely N-dealkylation sites (tertiary alicyclic amines) is 1. The van der Waals surface area contributed by atoms with E-state index in [0.717, 1.165) is 19.5 Å². The van der Waals surface area contributed by atoms with E-state index in [-0.39, 0.29) is 10.9 Å². The summed E-state index contributed by atoms with van der Waals surface area (Å²) in [7, 11) is 0. The average molecular weight is 289 g/mol. The van der Waals surface area contributed by atoms with Crippen molar-refractivity contribution >= 4 is 10.9 Å². The van der Waals surface area contributed by atoms with Gasteiger partial charge in [-0.15, -0.1) is 0 Å². The number of nitrogens with zero attached hydrogens (tertiary/aromatic N) is 3. The maximum atomic E-state index is 13.8. The third-order valence-corrected chi connectivity index (χ3v) is 4.35. The second kappa shape index (κ2) is 5.93. The average Bonchev–Trinajstić information content (AvgIpc) is 3.00. The molecule has 0 N–H and O–H groups in total. The molecule has 0 amide bonds. The normalized spacial score (nSPS) is 17.4. The third kappa shape index (κ3) is 2.83. The number of halogens is 1. The lowest BCUT2D eigenvalue weighted by Crippen LogP contribution is -2.32. The molecule has 5 heteroatoms. The Morgan fingerprint density at radius 1 is 1.33 bits per heavy atom. The first-order chi connectivity index (χ1) is 10.2. The molecule has 1 saturated heterocycles. The van der Waals surface area contributed by atoms with Gasteiger partial charge in [-0.3, -0.25) is 9.36 Å². The first-order valence-electron chi connectivity index (χ1n) is 7.54. The summed E-state index contributed by atoms with van der Waals surface area (Å²) in [6.45, 7) is 5.04. The number of hydrogen-bond donors (Lipinski definition) is 0. The molecule has 112 valence electrons. The van der Waals surface area contributed by atoms with Crippen LogP contribution >= 0.6 is 0 Å². The van der Waals surface area contributed by atoms with Gasteiger partial charge in [-0.1, -0.05) is 6.07 Å². The van der Waals surface area contributed by atoms with E-state index >= 15 is 0 Å². The molecule has 0 radical (unpaired) electrons. The summed E-state index contributed by atoms with van der Waals surface area (Å²) in [4.78, 5) is 19.0. The first kappa shape index (κ1) is 14.2. The molecule has 1 aliphatic heterocycles. The van der Waals surface area contributed by atoms with Gasteiger partial charge in [-0.05, 0) is 51.4 Å². The minimum atomic E-state index is -0.494. The minimum absolute atomic E-state index is 0.0915. The van der Waals surface area contributed by atoms with Crippen molar-refractivity contribution in [2.45, 2.75) is 38.8 Å². The van der Waals surface area contributed by atoms with Crippen LogP contribution in [0.3, 0.4) is 0 Å². The number of rotatable bonds is 4. The van der Waals surface area contributed by atoms with Crippen molar-refractivity contribution in [2.75, 3.05) is 13.1 Å². The Bertz CT molecular complexity index is 691. The van der Waals surface area contributed by atoms with Crippen molar-refractivity contribution < 1.29 is 4.39 Å². The summed E-state index contributed by atoms with van der Waals surface area (Å²) >= 11 is 0. The Morgan fingerprint density at radius 3 is 2.86 bits per heavy atom. The maximum absolute atomic E-state index is 13.8. The van der Waals surface area contributed by atoms with E-state index in [0.29, 0.717) is 18.1 Å². The zero-order valence-corrected chi connectivity index (χ0v) is 12.3. The van der Waals surface area contributed by atoms with Gasteiger partial charge < -0.3 is 4.90 Å². The molecule has 1 aromatic carbocycles. The van der Waals surface area contributed by atoms with E-state index in [1.54, 1.807) is 12.1 Å². The highest BCUT2D eigenvalue weighted by molar-refractivity contribution is 5.77. The van der Waals surface area contributed by atoms with Crippen LogP contribution < -0.4 is 5.56 Å². The highest BCUT2D eigenvalue weighted by Gasteiger charge is 2.18.